The quantitative estimate of drug-likeness (QED) is 0.739. The Bertz CT molecular complexity index is 445. The number of piperazine rings is 1. The molecule has 116 valence electrons. The lowest BCUT2D eigenvalue weighted by Gasteiger charge is -2.27. The molecule has 0 radical (unpaired) electrons. The largest absolute Gasteiger partial charge is 0.494 e. The fraction of sp³-hybridized carbons (Fsp3) is 0.562. The van der Waals surface area contributed by atoms with Gasteiger partial charge in [0.05, 0.1) is 6.61 Å². The van der Waals surface area contributed by atoms with E-state index in [1.807, 2.05) is 25.1 Å². The van der Waals surface area contributed by atoms with Crippen molar-refractivity contribution in [1.82, 2.24) is 15.5 Å². The molecule has 0 aromatic heterocycles. The van der Waals surface area contributed by atoms with Crippen LogP contribution < -0.4 is 15.4 Å². The van der Waals surface area contributed by atoms with E-state index in [0.717, 1.165) is 44.9 Å². The third-order valence-electron chi connectivity index (χ3n) is 3.55. The first kappa shape index (κ1) is 15.8. The molecule has 1 aromatic carbocycles. The molecule has 1 aliphatic rings. The highest BCUT2D eigenvalue weighted by Gasteiger charge is 2.09. The van der Waals surface area contributed by atoms with Crippen LogP contribution in [0.15, 0.2) is 24.3 Å². The number of benzene rings is 1. The number of nitrogens with zero attached hydrogens (tertiary/aromatic N) is 1. The molecule has 1 heterocycles. The average Bonchev–Trinajstić information content (AvgIpc) is 2.53. The zero-order chi connectivity index (χ0) is 14.9. The number of hydrogen-bond acceptors (Lipinski definition) is 4. The molecule has 0 atom stereocenters. The predicted octanol–water partition coefficient (Wildman–Crippen LogP) is 1.11. The first-order valence-electron chi connectivity index (χ1n) is 7.73. The Morgan fingerprint density at radius 2 is 2.19 bits per heavy atom. The van der Waals surface area contributed by atoms with E-state index in [2.05, 4.69) is 15.5 Å². The molecule has 1 fully saturated rings. The molecule has 5 heteroatoms. The van der Waals surface area contributed by atoms with Gasteiger partial charge in [0.1, 0.15) is 5.75 Å². The highest BCUT2D eigenvalue weighted by molar-refractivity contribution is 5.94. The third-order valence-corrected chi connectivity index (χ3v) is 3.55. The van der Waals surface area contributed by atoms with Crippen molar-refractivity contribution in [3.05, 3.63) is 29.8 Å². The summed E-state index contributed by atoms with van der Waals surface area (Å²) in [4.78, 5) is 14.5. The molecule has 1 aromatic rings. The summed E-state index contributed by atoms with van der Waals surface area (Å²) in [6, 6.07) is 7.31. The summed E-state index contributed by atoms with van der Waals surface area (Å²) in [6.45, 7) is 8.63. The molecule has 2 N–H and O–H groups in total. The lowest BCUT2D eigenvalue weighted by atomic mass is 10.2. The van der Waals surface area contributed by atoms with E-state index in [1.54, 1.807) is 6.07 Å². The summed E-state index contributed by atoms with van der Waals surface area (Å²) in [5.41, 5.74) is 0.656. The Labute approximate surface area is 126 Å². The summed E-state index contributed by atoms with van der Waals surface area (Å²) < 4.78 is 5.41. The second-order valence-electron chi connectivity index (χ2n) is 5.16. The SMILES string of the molecule is CCOc1cccc(C(=O)NCCCN2CCNCC2)c1. The molecular weight excluding hydrogens is 266 g/mol. The molecule has 5 nitrogen and oxygen atoms in total. The minimum Gasteiger partial charge on any atom is -0.494 e. The van der Waals surface area contributed by atoms with Crippen LogP contribution in [0, 0.1) is 0 Å². The van der Waals surface area contributed by atoms with E-state index >= 15 is 0 Å². The van der Waals surface area contributed by atoms with Crippen LogP contribution in [0.25, 0.3) is 0 Å². The fourth-order valence-electron chi connectivity index (χ4n) is 2.44. The van der Waals surface area contributed by atoms with Crippen LogP contribution >= 0.6 is 0 Å². The van der Waals surface area contributed by atoms with Gasteiger partial charge in [0.2, 0.25) is 0 Å². The van der Waals surface area contributed by atoms with Crippen LogP contribution in [0.2, 0.25) is 0 Å². The van der Waals surface area contributed by atoms with Crippen molar-refractivity contribution < 1.29 is 9.53 Å². The number of ether oxygens (including phenoxy) is 1. The highest BCUT2D eigenvalue weighted by Crippen LogP contribution is 2.13. The topological polar surface area (TPSA) is 53.6 Å². The lowest BCUT2D eigenvalue weighted by Crippen LogP contribution is -2.44. The Morgan fingerprint density at radius 1 is 1.38 bits per heavy atom. The summed E-state index contributed by atoms with van der Waals surface area (Å²) in [5.74, 6) is 0.711. The van der Waals surface area contributed by atoms with Crippen LogP contribution in [0.3, 0.4) is 0 Å². The number of nitrogens with one attached hydrogen (secondary N) is 2. The molecule has 0 bridgehead atoms. The zero-order valence-corrected chi connectivity index (χ0v) is 12.7. The van der Waals surface area contributed by atoms with Crippen molar-refractivity contribution >= 4 is 5.91 Å². The number of rotatable bonds is 7. The lowest BCUT2D eigenvalue weighted by molar-refractivity contribution is 0.0951. The first-order chi connectivity index (χ1) is 10.3. The molecular formula is C16H25N3O2. The number of amides is 1. The normalized spacial score (nSPS) is 15.7. The van der Waals surface area contributed by atoms with Gasteiger partial charge >= 0.3 is 0 Å². The fourth-order valence-corrected chi connectivity index (χ4v) is 2.44. The maximum absolute atomic E-state index is 12.1. The zero-order valence-electron chi connectivity index (χ0n) is 12.7. The van der Waals surface area contributed by atoms with Gasteiger partial charge in [0, 0.05) is 38.3 Å². The Kier molecular flexibility index (Phi) is 6.50. The van der Waals surface area contributed by atoms with Gasteiger partial charge in [-0.05, 0) is 38.1 Å². The Balaban J connectivity index is 1.70. The third kappa shape index (κ3) is 5.36. The minimum absolute atomic E-state index is 0.0307. The van der Waals surface area contributed by atoms with Gasteiger partial charge < -0.3 is 20.3 Å². The minimum atomic E-state index is -0.0307. The average molecular weight is 291 g/mol. The standard InChI is InChI=1S/C16H25N3O2/c1-2-21-15-6-3-5-14(13-15)16(20)18-7-4-10-19-11-8-17-9-12-19/h3,5-6,13,17H,2,4,7-12H2,1H3,(H,18,20). The van der Waals surface area contributed by atoms with Crippen molar-refractivity contribution in [2.24, 2.45) is 0 Å². The van der Waals surface area contributed by atoms with Gasteiger partial charge in [-0.1, -0.05) is 6.07 Å². The smallest absolute Gasteiger partial charge is 0.251 e. The highest BCUT2D eigenvalue weighted by atomic mass is 16.5. The predicted molar refractivity (Wildman–Crippen MR) is 83.9 cm³/mol. The van der Waals surface area contributed by atoms with Gasteiger partial charge in [0.25, 0.3) is 5.91 Å². The van der Waals surface area contributed by atoms with Gasteiger partial charge in [-0.3, -0.25) is 4.79 Å². The second-order valence-corrected chi connectivity index (χ2v) is 5.16. The van der Waals surface area contributed by atoms with E-state index in [4.69, 9.17) is 4.74 Å². The maximum atomic E-state index is 12.1. The van der Waals surface area contributed by atoms with E-state index in [-0.39, 0.29) is 5.91 Å². The van der Waals surface area contributed by atoms with E-state index in [1.165, 1.54) is 0 Å². The van der Waals surface area contributed by atoms with Crippen molar-refractivity contribution in [2.45, 2.75) is 13.3 Å². The molecule has 0 unspecified atom stereocenters. The number of hydrogen-bond donors (Lipinski definition) is 2. The summed E-state index contributed by atoms with van der Waals surface area (Å²) in [5, 5.41) is 6.31. The van der Waals surface area contributed by atoms with Crippen LogP contribution in [-0.2, 0) is 0 Å². The van der Waals surface area contributed by atoms with E-state index in [9.17, 15) is 4.79 Å². The van der Waals surface area contributed by atoms with Crippen LogP contribution in [0.1, 0.15) is 23.7 Å². The molecule has 21 heavy (non-hydrogen) atoms. The molecule has 1 saturated heterocycles. The number of carbonyl (C=O) groups is 1. The van der Waals surface area contributed by atoms with Gasteiger partial charge in [-0.15, -0.1) is 0 Å². The molecule has 0 spiro atoms. The Morgan fingerprint density at radius 3 is 2.95 bits per heavy atom. The van der Waals surface area contributed by atoms with Gasteiger partial charge in [-0.2, -0.15) is 0 Å². The van der Waals surface area contributed by atoms with Gasteiger partial charge in [0.15, 0.2) is 0 Å². The molecule has 1 aliphatic heterocycles. The van der Waals surface area contributed by atoms with Crippen molar-refractivity contribution in [3.8, 4) is 5.75 Å². The van der Waals surface area contributed by atoms with Crippen molar-refractivity contribution in [1.29, 1.82) is 0 Å². The Hall–Kier alpha value is -1.59. The molecule has 0 saturated carbocycles. The summed E-state index contributed by atoms with van der Waals surface area (Å²) in [6.07, 6.45) is 0.983. The molecule has 1 amide bonds. The molecule has 2 rings (SSSR count). The van der Waals surface area contributed by atoms with E-state index < -0.39 is 0 Å². The summed E-state index contributed by atoms with van der Waals surface area (Å²) >= 11 is 0. The van der Waals surface area contributed by atoms with Crippen molar-refractivity contribution in [2.75, 3.05) is 45.9 Å². The monoisotopic (exact) mass is 291 g/mol. The second kappa shape index (κ2) is 8.64. The summed E-state index contributed by atoms with van der Waals surface area (Å²) in [7, 11) is 0. The number of carbonyl (C=O) groups excluding carboxylic acids is 1. The van der Waals surface area contributed by atoms with Gasteiger partial charge in [-0.25, -0.2) is 0 Å². The van der Waals surface area contributed by atoms with Crippen molar-refractivity contribution in [3.63, 3.8) is 0 Å². The van der Waals surface area contributed by atoms with E-state index in [0.29, 0.717) is 18.7 Å². The van der Waals surface area contributed by atoms with Crippen LogP contribution in [0.5, 0.6) is 5.75 Å². The van der Waals surface area contributed by atoms with Crippen LogP contribution in [0.4, 0.5) is 0 Å². The molecule has 0 aliphatic carbocycles. The van der Waals surface area contributed by atoms with Crippen LogP contribution in [-0.4, -0.2) is 56.7 Å². The maximum Gasteiger partial charge on any atom is 0.251 e. The first-order valence-corrected chi connectivity index (χ1v) is 7.73.